The zero-order valence-electron chi connectivity index (χ0n) is 8.93. The minimum absolute atomic E-state index is 0.0769. The molecule has 16 heavy (non-hydrogen) atoms. The van der Waals surface area contributed by atoms with Crippen LogP contribution in [-0.4, -0.2) is 34.7 Å². The molecule has 7 heteroatoms. The van der Waals surface area contributed by atoms with Gasteiger partial charge >= 0.3 is 0 Å². The smallest absolute Gasteiger partial charge is 0.236 e. The summed E-state index contributed by atoms with van der Waals surface area (Å²) in [5, 5.41) is 11.6. The van der Waals surface area contributed by atoms with E-state index in [1.165, 1.54) is 23.1 Å². The molecule has 1 rings (SSSR count). The van der Waals surface area contributed by atoms with E-state index < -0.39 is 0 Å². The van der Waals surface area contributed by atoms with Gasteiger partial charge in [-0.3, -0.25) is 10.1 Å². The number of anilines is 1. The molecule has 88 valence electrons. The van der Waals surface area contributed by atoms with Crippen LogP contribution in [0.25, 0.3) is 0 Å². The molecule has 0 spiro atoms. The molecule has 0 saturated heterocycles. The number of ether oxygens (including phenoxy) is 1. The predicted octanol–water partition coefficient (Wildman–Crippen LogP) is 1.54. The first kappa shape index (κ1) is 13.1. The standard InChI is InChI=1S/C9H13N3O2S2/c1-3-4-15-6-7(13)10-9-12-11-8(16-9)5-14-2/h3H,1,4-6H2,2H3,(H,10,12,13). The van der Waals surface area contributed by atoms with Crippen molar-refractivity contribution in [3.63, 3.8) is 0 Å². The highest BCUT2D eigenvalue weighted by atomic mass is 32.2. The molecule has 1 aromatic heterocycles. The molecule has 0 aliphatic carbocycles. The van der Waals surface area contributed by atoms with Crippen LogP contribution in [0.4, 0.5) is 5.13 Å². The van der Waals surface area contributed by atoms with Crippen molar-refractivity contribution in [2.75, 3.05) is 23.9 Å². The average Bonchev–Trinajstić information content (AvgIpc) is 2.66. The third-order valence-corrected chi connectivity index (χ3v) is 3.20. The zero-order chi connectivity index (χ0) is 11.8. The quantitative estimate of drug-likeness (QED) is 0.594. The number of amides is 1. The summed E-state index contributed by atoms with van der Waals surface area (Å²) in [6.45, 7) is 3.99. The van der Waals surface area contributed by atoms with Gasteiger partial charge in [0, 0.05) is 12.9 Å². The molecule has 0 aliphatic heterocycles. The van der Waals surface area contributed by atoms with Crippen LogP contribution in [0.1, 0.15) is 5.01 Å². The minimum atomic E-state index is -0.0769. The lowest BCUT2D eigenvalue weighted by atomic mass is 10.7. The van der Waals surface area contributed by atoms with Gasteiger partial charge in [0.2, 0.25) is 11.0 Å². The van der Waals surface area contributed by atoms with Crippen molar-refractivity contribution in [1.82, 2.24) is 10.2 Å². The van der Waals surface area contributed by atoms with Crippen molar-refractivity contribution in [3.8, 4) is 0 Å². The summed E-state index contributed by atoms with van der Waals surface area (Å²) in [6.07, 6.45) is 1.76. The molecular formula is C9H13N3O2S2. The third-order valence-electron chi connectivity index (χ3n) is 1.45. The number of carbonyl (C=O) groups excluding carboxylic acids is 1. The molecule has 0 atom stereocenters. The molecule has 0 unspecified atom stereocenters. The molecule has 1 N–H and O–H groups in total. The van der Waals surface area contributed by atoms with Crippen LogP contribution >= 0.6 is 23.1 Å². The van der Waals surface area contributed by atoms with Crippen LogP contribution in [0.2, 0.25) is 0 Å². The Bertz CT molecular complexity index is 354. The van der Waals surface area contributed by atoms with Gasteiger partial charge in [0.05, 0.1) is 5.75 Å². The normalized spacial score (nSPS) is 10.1. The molecule has 0 bridgehead atoms. The topological polar surface area (TPSA) is 64.1 Å². The van der Waals surface area contributed by atoms with E-state index >= 15 is 0 Å². The largest absolute Gasteiger partial charge is 0.377 e. The van der Waals surface area contributed by atoms with Gasteiger partial charge in [0.1, 0.15) is 11.6 Å². The lowest BCUT2D eigenvalue weighted by molar-refractivity contribution is -0.113. The lowest BCUT2D eigenvalue weighted by Crippen LogP contribution is -2.13. The van der Waals surface area contributed by atoms with Gasteiger partial charge in [0.15, 0.2) is 0 Å². The monoisotopic (exact) mass is 259 g/mol. The summed E-state index contributed by atoms with van der Waals surface area (Å²) in [4.78, 5) is 11.4. The van der Waals surface area contributed by atoms with E-state index in [9.17, 15) is 4.79 Å². The number of nitrogens with one attached hydrogen (secondary N) is 1. The highest BCUT2D eigenvalue weighted by Gasteiger charge is 2.07. The van der Waals surface area contributed by atoms with Gasteiger partial charge in [-0.05, 0) is 0 Å². The summed E-state index contributed by atoms with van der Waals surface area (Å²) >= 11 is 2.82. The van der Waals surface area contributed by atoms with E-state index in [4.69, 9.17) is 4.74 Å². The predicted molar refractivity (Wildman–Crippen MR) is 66.8 cm³/mol. The summed E-state index contributed by atoms with van der Waals surface area (Å²) < 4.78 is 4.91. The second-order valence-corrected chi connectivity index (χ2v) is 4.88. The van der Waals surface area contributed by atoms with E-state index in [1.54, 1.807) is 13.2 Å². The van der Waals surface area contributed by atoms with Crippen molar-refractivity contribution in [1.29, 1.82) is 0 Å². The maximum absolute atomic E-state index is 11.4. The maximum atomic E-state index is 11.4. The number of carbonyl (C=O) groups is 1. The number of nitrogens with zero attached hydrogens (tertiary/aromatic N) is 2. The Morgan fingerprint density at radius 2 is 2.50 bits per heavy atom. The highest BCUT2D eigenvalue weighted by molar-refractivity contribution is 8.00. The molecule has 1 amide bonds. The van der Waals surface area contributed by atoms with Gasteiger partial charge in [-0.25, -0.2) is 0 Å². The first-order valence-electron chi connectivity index (χ1n) is 4.56. The Morgan fingerprint density at radius 1 is 1.69 bits per heavy atom. The molecule has 5 nitrogen and oxygen atoms in total. The van der Waals surface area contributed by atoms with Gasteiger partial charge in [-0.15, -0.1) is 28.5 Å². The number of aromatic nitrogens is 2. The average molecular weight is 259 g/mol. The Hall–Kier alpha value is -0.920. The van der Waals surface area contributed by atoms with Crippen LogP contribution in [-0.2, 0) is 16.1 Å². The third kappa shape index (κ3) is 4.73. The highest BCUT2D eigenvalue weighted by Crippen LogP contribution is 2.15. The minimum Gasteiger partial charge on any atom is -0.377 e. The number of hydrogen-bond donors (Lipinski definition) is 1. The molecule has 0 fully saturated rings. The first-order valence-corrected chi connectivity index (χ1v) is 6.53. The Kier molecular flexibility index (Phi) is 6.05. The Morgan fingerprint density at radius 3 is 3.19 bits per heavy atom. The van der Waals surface area contributed by atoms with Crippen molar-refractivity contribution < 1.29 is 9.53 Å². The van der Waals surface area contributed by atoms with Crippen molar-refractivity contribution in [2.45, 2.75) is 6.61 Å². The van der Waals surface area contributed by atoms with E-state index in [-0.39, 0.29) is 5.91 Å². The maximum Gasteiger partial charge on any atom is 0.236 e. The second kappa shape index (κ2) is 7.37. The summed E-state index contributed by atoms with van der Waals surface area (Å²) in [5.41, 5.74) is 0. The molecule has 1 heterocycles. The summed E-state index contributed by atoms with van der Waals surface area (Å²) in [5.74, 6) is 1.08. The van der Waals surface area contributed by atoms with Crippen LogP contribution in [0.5, 0.6) is 0 Å². The summed E-state index contributed by atoms with van der Waals surface area (Å²) in [6, 6.07) is 0. The molecule has 0 aromatic carbocycles. The number of thioether (sulfide) groups is 1. The molecule has 0 radical (unpaired) electrons. The molecule has 0 aliphatic rings. The molecular weight excluding hydrogens is 246 g/mol. The van der Waals surface area contributed by atoms with E-state index in [0.717, 1.165) is 10.8 Å². The van der Waals surface area contributed by atoms with Crippen LogP contribution < -0.4 is 5.32 Å². The fourth-order valence-corrected chi connectivity index (χ4v) is 2.15. The molecule has 0 saturated carbocycles. The number of hydrogen-bond acceptors (Lipinski definition) is 6. The van der Waals surface area contributed by atoms with Gasteiger partial charge < -0.3 is 4.74 Å². The van der Waals surface area contributed by atoms with Gasteiger partial charge in [0.25, 0.3) is 0 Å². The first-order chi connectivity index (χ1) is 7.76. The fourth-order valence-electron chi connectivity index (χ4n) is 0.876. The zero-order valence-corrected chi connectivity index (χ0v) is 10.6. The van der Waals surface area contributed by atoms with Crippen molar-refractivity contribution in [2.24, 2.45) is 0 Å². The van der Waals surface area contributed by atoms with Crippen LogP contribution in [0.15, 0.2) is 12.7 Å². The van der Waals surface area contributed by atoms with Gasteiger partial charge in [-0.2, -0.15) is 0 Å². The van der Waals surface area contributed by atoms with Crippen LogP contribution in [0.3, 0.4) is 0 Å². The van der Waals surface area contributed by atoms with Gasteiger partial charge in [-0.1, -0.05) is 17.4 Å². The SMILES string of the molecule is C=CCSCC(=O)Nc1nnc(COC)s1. The van der Waals surface area contributed by atoms with Crippen molar-refractivity contribution >= 4 is 34.1 Å². The van der Waals surface area contributed by atoms with E-state index in [0.29, 0.717) is 17.5 Å². The number of methoxy groups -OCH3 is 1. The lowest BCUT2D eigenvalue weighted by Gasteiger charge is -1.98. The fraction of sp³-hybridized carbons (Fsp3) is 0.444. The van der Waals surface area contributed by atoms with E-state index in [2.05, 4.69) is 22.1 Å². The van der Waals surface area contributed by atoms with E-state index in [1.807, 2.05) is 0 Å². The number of rotatable bonds is 7. The summed E-state index contributed by atoms with van der Waals surface area (Å²) in [7, 11) is 1.59. The van der Waals surface area contributed by atoms with Crippen LogP contribution in [0, 0.1) is 0 Å². The van der Waals surface area contributed by atoms with Crippen molar-refractivity contribution in [3.05, 3.63) is 17.7 Å². The second-order valence-electron chi connectivity index (χ2n) is 2.79. The Balaban J connectivity index is 2.34. The molecule has 1 aromatic rings. The Labute approximate surface area is 102 Å².